The van der Waals surface area contributed by atoms with Crippen LogP contribution in [0.2, 0.25) is 0 Å². The van der Waals surface area contributed by atoms with Gasteiger partial charge < -0.3 is 9.84 Å². The molecule has 0 saturated carbocycles. The van der Waals surface area contributed by atoms with Crippen LogP contribution in [0.5, 0.6) is 0 Å². The molecule has 0 aromatic heterocycles. The smallest absolute Gasteiger partial charge is 0.450 e. The first-order valence-corrected chi connectivity index (χ1v) is 7.96. The summed E-state index contributed by atoms with van der Waals surface area (Å²) in [5.74, 6) is 0. The van der Waals surface area contributed by atoms with Gasteiger partial charge in [-0.1, -0.05) is 59.3 Å². The molecular weight excluding hydrogens is 240 g/mol. The number of ether oxygens (including phenoxy) is 1. The summed E-state index contributed by atoms with van der Waals surface area (Å²) in [6.07, 6.45) is 10.7. The van der Waals surface area contributed by atoms with Gasteiger partial charge in [0.2, 0.25) is 0 Å². The SMILES string of the molecule is CCCCC(CCCC)(CCCC)CCOC(=O)O. The standard InChI is InChI=1S/C16H32O3/c1-4-7-10-16(11-8-5-2,12-9-6-3)13-14-19-15(17)18/h4-14H2,1-3H3,(H,17,18). The van der Waals surface area contributed by atoms with Crippen molar-refractivity contribution >= 4 is 6.16 Å². The fourth-order valence-electron chi connectivity index (χ4n) is 2.76. The van der Waals surface area contributed by atoms with Crippen LogP contribution in [0.1, 0.15) is 85.0 Å². The molecule has 3 heteroatoms. The molecule has 0 radical (unpaired) electrons. The monoisotopic (exact) mass is 272 g/mol. The van der Waals surface area contributed by atoms with Crippen LogP contribution in [0.15, 0.2) is 0 Å². The van der Waals surface area contributed by atoms with Crippen LogP contribution in [0, 0.1) is 5.41 Å². The zero-order valence-electron chi connectivity index (χ0n) is 13.0. The number of rotatable bonds is 12. The van der Waals surface area contributed by atoms with Gasteiger partial charge in [-0.15, -0.1) is 0 Å². The highest BCUT2D eigenvalue weighted by Gasteiger charge is 2.28. The molecule has 0 rings (SSSR count). The molecule has 0 heterocycles. The fourth-order valence-corrected chi connectivity index (χ4v) is 2.76. The number of unbranched alkanes of at least 4 members (excludes halogenated alkanes) is 3. The quantitative estimate of drug-likeness (QED) is 0.468. The zero-order chi connectivity index (χ0) is 14.6. The Morgan fingerprint density at radius 1 is 0.895 bits per heavy atom. The number of carboxylic acid groups (broad SMARTS) is 1. The van der Waals surface area contributed by atoms with Crippen molar-refractivity contribution in [3.05, 3.63) is 0 Å². The first-order chi connectivity index (χ1) is 9.10. The summed E-state index contributed by atoms with van der Waals surface area (Å²) >= 11 is 0. The normalized spacial score (nSPS) is 11.5. The number of carbonyl (C=O) groups is 1. The van der Waals surface area contributed by atoms with E-state index in [2.05, 4.69) is 20.8 Å². The average Bonchev–Trinajstić information content (AvgIpc) is 2.39. The Kier molecular flexibility index (Phi) is 10.7. The van der Waals surface area contributed by atoms with Crippen molar-refractivity contribution in [3.8, 4) is 0 Å². The van der Waals surface area contributed by atoms with E-state index in [1.54, 1.807) is 0 Å². The van der Waals surface area contributed by atoms with Crippen molar-refractivity contribution in [2.24, 2.45) is 5.41 Å². The molecule has 114 valence electrons. The summed E-state index contributed by atoms with van der Waals surface area (Å²) in [7, 11) is 0. The molecule has 0 aliphatic heterocycles. The Morgan fingerprint density at radius 3 is 1.63 bits per heavy atom. The topological polar surface area (TPSA) is 46.5 Å². The first-order valence-electron chi connectivity index (χ1n) is 7.96. The molecule has 0 atom stereocenters. The van der Waals surface area contributed by atoms with Crippen molar-refractivity contribution in [2.45, 2.75) is 85.0 Å². The number of hydrogen-bond acceptors (Lipinski definition) is 2. The van der Waals surface area contributed by atoms with E-state index in [-0.39, 0.29) is 0 Å². The molecular formula is C16H32O3. The van der Waals surface area contributed by atoms with Gasteiger partial charge in [-0.25, -0.2) is 4.79 Å². The van der Waals surface area contributed by atoms with Crippen molar-refractivity contribution in [1.29, 1.82) is 0 Å². The molecule has 0 aliphatic carbocycles. The van der Waals surface area contributed by atoms with Crippen molar-refractivity contribution in [3.63, 3.8) is 0 Å². The summed E-state index contributed by atoms with van der Waals surface area (Å²) in [6, 6.07) is 0. The van der Waals surface area contributed by atoms with E-state index in [0.717, 1.165) is 6.42 Å². The van der Waals surface area contributed by atoms with E-state index in [0.29, 0.717) is 12.0 Å². The van der Waals surface area contributed by atoms with E-state index < -0.39 is 6.16 Å². The second-order valence-corrected chi connectivity index (χ2v) is 5.68. The van der Waals surface area contributed by atoms with Crippen LogP contribution in [0.25, 0.3) is 0 Å². The van der Waals surface area contributed by atoms with E-state index >= 15 is 0 Å². The maximum atomic E-state index is 10.5. The Labute approximate surface area is 118 Å². The summed E-state index contributed by atoms with van der Waals surface area (Å²) in [5, 5.41) is 8.62. The molecule has 0 bridgehead atoms. The van der Waals surface area contributed by atoms with Crippen molar-refractivity contribution in [2.75, 3.05) is 6.61 Å². The molecule has 1 N–H and O–H groups in total. The molecule has 19 heavy (non-hydrogen) atoms. The third kappa shape index (κ3) is 8.90. The third-order valence-corrected chi connectivity index (χ3v) is 4.04. The van der Waals surface area contributed by atoms with Gasteiger partial charge in [0.1, 0.15) is 0 Å². The zero-order valence-corrected chi connectivity index (χ0v) is 13.0. The van der Waals surface area contributed by atoms with Gasteiger partial charge in [-0.05, 0) is 31.1 Å². The maximum absolute atomic E-state index is 10.5. The molecule has 0 aromatic carbocycles. The Morgan fingerprint density at radius 2 is 1.32 bits per heavy atom. The van der Waals surface area contributed by atoms with Gasteiger partial charge in [-0.3, -0.25) is 0 Å². The highest BCUT2D eigenvalue weighted by Crippen LogP contribution is 2.39. The van der Waals surface area contributed by atoms with Crippen LogP contribution >= 0.6 is 0 Å². The molecule has 0 amide bonds. The van der Waals surface area contributed by atoms with Gasteiger partial charge in [0.25, 0.3) is 0 Å². The highest BCUT2D eigenvalue weighted by atomic mass is 16.7. The van der Waals surface area contributed by atoms with Gasteiger partial charge in [-0.2, -0.15) is 0 Å². The summed E-state index contributed by atoms with van der Waals surface area (Å²) < 4.78 is 4.75. The van der Waals surface area contributed by atoms with E-state index in [9.17, 15) is 4.79 Å². The number of hydrogen-bond donors (Lipinski definition) is 1. The lowest BCUT2D eigenvalue weighted by atomic mass is 9.72. The Hall–Kier alpha value is -0.730. The van der Waals surface area contributed by atoms with Crippen LogP contribution in [-0.4, -0.2) is 17.9 Å². The summed E-state index contributed by atoms with van der Waals surface area (Å²) in [6.45, 7) is 7.01. The lowest BCUT2D eigenvalue weighted by Crippen LogP contribution is -2.24. The van der Waals surface area contributed by atoms with E-state index in [1.807, 2.05) is 0 Å². The fraction of sp³-hybridized carbons (Fsp3) is 0.938. The van der Waals surface area contributed by atoms with E-state index in [4.69, 9.17) is 9.84 Å². The Bertz CT molecular complexity index is 204. The minimum absolute atomic E-state index is 0.303. The summed E-state index contributed by atoms with van der Waals surface area (Å²) in [5.41, 5.74) is 0.303. The van der Waals surface area contributed by atoms with Crippen LogP contribution in [-0.2, 0) is 4.74 Å². The largest absolute Gasteiger partial charge is 0.505 e. The minimum atomic E-state index is -1.14. The molecule has 0 unspecified atom stereocenters. The summed E-state index contributed by atoms with van der Waals surface area (Å²) in [4.78, 5) is 10.5. The minimum Gasteiger partial charge on any atom is -0.450 e. The first kappa shape index (κ1) is 18.3. The highest BCUT2D eigenvalue weighted by molar-refractivity contribution is 5.56. The Balaban J connectivity index is 4.51. The van der Waals surface area contributed by atoms with Crippen LogP contribution in [0.3, 0.4) is 0 Å². The lowest BCUT2D eigenvalue weighted by molar-refractivity contribution is 0.0668. The van der Waals surface area contributed by atoms with Gasteiger partial charge >= 0.3 is 6.16 Å². The molecule has 3 nitrogen and oxygen atoms in total. The predicted molar refractivity (Wildman–Crippen MR) is 79.6 cm³/mol. The molecule has 0 saturated heterocycles. The van der Waals surface area contributed by atoms with Gasteiger partial charge in [0.15, 0.2) is 0 Å². The van der Waals surface area contributed by atoms with Gasteiger partial charge in [0, 0.05) is 0 Å². The third-order valence-electron chi connectivity index (χ3n) is 4.04. The van der Waals surface area contributed by atoms with Crippen LogP contribution < -0.4 is 0 Å². The van der Waals surface area contributed by atoms with Crippen LogP contribution in [0.4, 0.5) is 4.79 Å². The molecule has 0 aliphatic rings. The molecule has 0 aromatic rings. The predicted octanol–water partition coefficient (Wildman–Crippen LogP) is 5.63. The molecule has 0 fully saturated rings. The maximum Gasteiger partial charge on any atom is 0.505 e. The van der Waals surface area contributed by atoms with Crippen molar-refractivity contribution < 1.29 is 14.6 Å². The van der Waals surface area contributed by atoms with E-state index in [1.165, 1.54) is 57.8 Å². The second-order valence-electron chi connectivity index (χ2n) is 5.68. The van der Waals surface area contributed by atoms with Gasteiger partial charge in [0.05, 0.1) is 6.61 Å². The average molecular weight is 272 g/mol. The lowest BCUT2D eigenvalue weighted by Gasteiger charge is -2.34. The molecule has 0 spiro atoms. The second kappa shape index (κ2) is 11.1. The van der Waals surface area contributed by atoms with Crippen molar-refractivity contribution in [1.82, 2.24) is 0 Å².